The van der Waals surface area contributed by atoms with E-state index in [1.54, 1.807) is 18.8 Å². The quantitative estimate of drug-likeness (QED) is 0.725. The smallest absolute Gasteiger partial charge is 0.263 e. The van der Waals surface area contributed by atoms with Crippen molar-refractivity contribution in [1.82, 2.24) is 5.32 Å². The van der Waals surface area contributed by atoms with E-state index in [-0.39, 0.29) is 5.91 Å². The number of hydrogen-bond donors (Lipinski definition) is 3. The Morgan fingerprint density at radius 3 is 2.56 bits per heavy atom. The van der Waals surface area contributed by atoms with Gasteiger partial charge in [-0.15, -0.1) is 23.1 Å². The highest BCUT2D eigenvalue weighted by Gasteiger charge is 2.19. The minimum absolute atomic E-state index is 0.130. The second-order valence-electron chi connectivity index (χ2n) is 3.59. The third-order valence-corrected chi connectivity index (χ3v) is 4.05. The Morgan fingerprint density at radius 1 is 1.50 bits per heavy atom. The third-order valence-electron chi connectivity index (χ3n) is 1.96. The van der Waals surface area contributed by atoms with E-state index in [9.17, 15) is 4.79 Å². The molecule has 1 aromatic heterocycles. The molecule has 0 unspecified atom stereocenters. The molecule has 0 aromatic carbocycles. The molecule has 0 bridgehead atoms. The summed E-state index contributed by atoms with van der Waals surface area (Å²) in [5.41, 5.74) is 6.53. The normalized spacial score (nSPS) is 10.6. The van der Waals surface area contributed by atoms with Crippen LogP contribution in [-0.4, -0.2) is 25.3 Å². The van der Waals surface area contributed by atoms with Gasteiger partial charge in [0.15, 0.2) is 0 Å². The number of carbonyl (C=O) groups excluding carboxylic acids is 1. The number of anilines is 2. The van der Waals surface area contributed by atoms with Crippen LogP contribution in [0.15, 0.2) is 4.90 Å². The minimum atomic E-state index is -0.130. The second-order valence-corrected chi connectivity index (χ2v) is 5.42. The van der Waals surface area contributed by atoms with Crippen molar-refractivity contribution in [2.24, 2.45) is 0 Å². The van der Waals surface area contributed by atoms with Gasteiger partial charge in [-0.2, -0.15) is 0 Å². The number of amides is 1. The zero-order chi connectivity index (χ0) is 12.3. The van der Waals surface area contributed by atoms with Crippen molar-refractivity contribution >= 4 is 39.7 Å². The number of nitrogen functional groups attached to an aromatic ring is 1. The first-order chi connectivity index (χ1) is 7.51. The predicted octanol–water partition coefficient (Wildman–Crippen LogP) is 2.23. The Kier molecular flexibility index (Phi) is 4.49. The zero-order valence-electron chi connectivity index (χ0n) is 9.88. The zero-order valence-corrected chi connectivity index (χ0v) is 11.5. The Morgan fingerprint density at radius 2 is 2.12 bits per heavy atom. The van der Waals surface area contributed by atoms with E-state index in [2.05, 4.69) is 24.5 Å². The third kappa shape index (κ3) is 2.62. The Hall–Kier alpha value is -0.880. The van der Waals surface area contributed by atoms with Gasteiger partial charge >= 0.3 is 0 Å². The molecule has 0 aliphatic heterocycles. The lowest BCUT2D eigenvalue weighted by molar-refractivity contribution is 0.0968. The number of nitrogens with two attached hydrogens (primary N) is 1. The van der Waals surface area contributed by atoms with Crippen molar-refractivity contribution in [3.05, 3.63) is 4.88 Å². The van der Waals surface area contributed by atoms with E-state index in [1.165, 1.54) is 11.3 Å². The number of hydrogen-bond acceptors (Lipinski definition) is 5. The molecule has 0 spiro atoms. The lowest BCUT2D eigenvalue weighted by atomic mass is 10.3. The number of thiophene rings is 1. The summed E-state index contributed by atoms with van der Waals surface area (Å²) in [6.45, 7) is 4.11. The molecule has 0 saturated carbocycles. The maximum Gasteiger partial charge on any atom is 0.263 e. The highest BCUT2D eigenvalue weighted by atomic mass is 32.2. The predicted molar refractivity (Wildman–Crippen MR) is 72.7 cm³/mol. The van der Waals surface area contributed by atoms with Crippen LogP contribution in [0.5, 0.6) is 0 Å². The summed E-state index contributed by atoms with van der Waals surface area (Å²) in [4.78, 5) is 13.1. The highest BCUT2D eigenvalue weighted by Crippen LogP contribution is 2.41. The molecular formula is C10H17N3OS2. The van der Waals surface area contributed by atoms with Gasteiger partial charge in [0.25, 0.3) is 5.91 Å². The molecule has 0 fully saturated rings. The molecule has 1 amide bonds. The number of carbonyl (C=O) groups is 1. The lowest BCUT2D eigenvalue weighted by Crippen LogP contribution is -2.17. The highest BCUT2D eigenvalue weighted by molar-refractivity contribution is 7.99. The van der Waals surface area contributed by atoms with Gasteiger partial charge < -0.3 is 16.4 Å². The van der Waals surface area contributed by atoms with Crippen LogP contribution >= 0.6 is 23.1 Å². The molecule has 1 heterocycles. The monoisotopic (exact) mass is 259 g/mol. The first kappa shape index (κ1) is 13.2. The van der Waals surface area contributed by atoms with Gasteiger partial charge in [0, 0.05) is 13.1 Å². The Balaban J connectivity index is 3.14. The molecule has 4 N–H and O–H groups in total. The molecule has 4 nitrogen and oxygen atoms in total. The fraction of sp³-hybridized carbons (Fsp3) is 0.500. The van der Waals surface area contributed by atoms with E-state index in [1.807, 2.05) is 6.26 Å². The van der Waals surface area contributed by atoms with Crippen molar-refractivity contribution in [1.29, 1.82) is 0 Å². The van der Waals surface area contributed by atoms with Gasteiger partial charge in [-0.3, -0.25) is 4.79 Å². The van der Waals surface area contributed by atoms with Gasteiger partial charge in [0.05, 0.1) is 10.6 Å². The summed E-state index contributed by atoms with van der Waals surface area (Å²) in [6.07, 6.45) is 1.96. The van der Waals surface area contributed by atoms with Gasteiger partial charge in [-0.05, 0) is 20.1 Å². The van der Waals surface area contributed by atoms with Crippen molar-refractivity contribution < 1.29 is 4.79 Å². The number of rotatable bonds is 4. The second kappa shape index (κ2) is 5.45. The standard InChI is InChI=1S/C10H17N3OS2/c1-5(2)13-10-8(15-4)6(11)7(16-10)9(14)12-3/h5,13H,11H2,1-4H3,(H,12,14). The molecule has 16 heavy (non-hydrogen) atoms. The topological polar surface area (TPSA) is 67.2 Å². The Labute approximate surface area is 104 Å². The molecule has 0 aliphatic carbocycles. The van der Waals surface area contributed by atoms with Crippen LogP contribution in [0.2, 0.25) is 0 Å². The van der Waals surface area contributed by atoms with E-state index in [0.29, 0.717) is 16.6 Å². The first-order valence-corrected chi connectivity index (χ1v) is 7.00. The summed E-state index contributed by atoms with van der Waals surface area (Å²) in [5.74, 6) is -0.130. The minimum Gasteiger partial charge on any atom is -0.396 e. The summed E-state index contributed by atoms with van der Waals surface area (Å²) >= 11 is 2.96. The van der Waals surface area contributed by atoms with E-state index >= 15 is 0 Å². The van der Waals surface area contributed by atoms with Crippen LogP contribution < -0.4 is 16.4 Å². The summed E-state index contributed by atoms with van der Waals surface area (Å²) in [6, 6.07) is 0.321. The number of thioether (sulfide) groups is 1. The molecule has 6 heteroatoms. The molecule has 1 rings (SSSR count). The summed E-state index contributed by atoms with van der Waals surface area (Å²) < 4.78 is 0. The van der Waals surface area contributed by atoms with E-state index in [0.717, 1.165) is 9.90 Å². The molecule has 90 valence electrons. The molecule has 1 aromatic rings. The Bertz CT molecular complexity index is 388. The maximum absolute atomic E-state index is 11.6. The van der Waals surface area contributed by atoms with E-state index < -0.39 is 0 Å². The SMILES string of the molecule is CNC(=O)c1sc(NC(C)C)c(SC)c1N. The first-order valence-electron chi connectivity index (χ1n) is 4.96. The van der Waals surface area contributed by atoms with Crippen molar-refractivity contribution in [3.63, 3.8) is 0 Å². The van der Waals surface area contributed by atoms with Crippen LogP contribution in [0.25, 0.3) is 0 Å². The molecule has 0 aliphatic rings. The van der Waals surface area contributed by atoms with Crippen LogP contribution in [0, 0.1) is 0 Å². The van der Waals surface area contributed by atoms with Gasteiger partial charge in [0.1, 0.15) is 9.88 Å². The number of nitrogens with one attached hydrogen (secondary N) is 2. The van der Waals surface area contributed by atoms with Crippen molar-refractivity contribution in [3.8, 4) is 0 Å². The fourth-order valence-electron chi connectivity index (χ4n) is 1.27. The van der Waals surface area contributed by atoms with Crippen LogP contribution in [-0.2, 0) is 0 Å². The van der Waals surface area contributed by atoms with Crippen LogP contribution in [0.4, 0.5) is 10.7 Å². The van der Waals surface area contributed by atoms with Crippen LogP contribution in [0.1, 0.15) is 23.5 Å². The fourth-order valence-corrected chi connectivity index (χ4v) is 3.38. The van der Waals surface area contributed by atoms with Crippen LogP contribution in [0.3, 0.4) is 0 Å². The molecule has 0 atom stereocenters. The average molecular weight is 259 g/mol. The van der Waals surface area contributed by atoms with Gasteiger partial charge in [-0.1, -0.05) is 0 Å². The van der Waals surface area contributed by atoms with Crippen molar-refractivity contribution in [2.45, 2.75) is 24.8 Å². The lowest BCUT2D eigenvalue weighted by Gasteiger charge is -2.08. The van der Waals surface area contributed by atoms with Crippen molar-refractivity contribution in [2.75, 3.05) is 24.4 Å². The summed E-state index contributed by atoms with van der Waals surface area (Å²) in [5, 5.41) is 6.87. The summed E-state index contributed by atoms with van der Waals surface area (Å²) in [7, 11) is 1.61. The van der Waals surface area contributed by atoms with Gasteiger partial charge in [0.2, 0.25) is 0 Å². The average Bonchev–Trinajstić information content (AvgIpc) is 2.53. The largest absolute Gasteiger partial charge is 0.396 e. The molecule has 0 radical (unpaired) electrons. The maximum atomic E-state index is 11.6. The molecule has 0 saturated heterocycles. The molecular weight excluding hydrogens is 242 g/mol. The van der Waals surface area contributed by atoms with E-state index in [4.69, 9.17) is 5.73 Å². The van der Waals surface area contributed by atoms with Gasteiger partial charge in [-0.25, -0.2) is 0 Å².